The number of rotatable bonds is 3. The predicted molar refractivity (Wildman–Crippen MR) is 79.3 cm³/mol. The first-order valence-electron chi connectivity index (χ1n) is 7.64. The lowest BCUT2D eigenvalue weighted by Crippen LogP contribution is -2.35. The van der Waals surface area contributed by atoms with Crippen LogP contribution in [0.1, 0.15) is 34.3 Å². The van der Waals surface area contributed by atoms with Crippen LogP contribution in [0, 0.1) is 12.8 Å². The Morgan fingerprint density at radius 2 is 2.25 bits per heavy atom. The molecule has 0 aromatic carbocycles. The van der Waals surface area contributed by atoms with Crippen molar-refractivity contribution in [2.75, 3.05) is 13.6 Å². The number of H-pyrrole nitrogens is 1. The van der Waals surface area contributed by atoms with Crippen LogP contribution in [-0.2, 0) is 19.1 Å². The molecule has 3 rings (SSSR count). The monoisotopic (exact) mass is 341 g/mol. The fraction of sp³-hybridized carbons (Fsp3) is 0.533. The van der Waals surface area contributed by atoms with Crippen molar-refractivity contribution >= 4 is 5.91 Å². The number of nitrogens with one attached hydrogen (secondary N) is 1. The molecule has 130 valence electrons. The number of carbonyl (C=O) groups is 1. The van der Waals surface area contributed by atoms with Crippen LogP contribution in [0.5, 0.6) is 0 Å². The zero-order valence-corrected chi connectivity index (χ0v) is 13.4. The number of aryl methyl sites for hydroxylation is 2. The lowest BCUT2D eigenvalue weighted by molar-refractivity contribution is -0.141. The van der Waals surface area contributed by atoms with Gasteiger partial charge >= 0.3 is 6.18 Å². The van der Waals surface area contributed by atoms with Gasteiger partial charge in [0.15, 0.2) is 5.69 Å². The van der Waals surface area contributed by atoms with Crippen LogP contribution < -0.4 is 0 Å². The predicted octanol–water partition coefficient (Wildman–Crippen LogP) is 2.27. The van der Waals surface area contributed by atoms with E-state index in [1.54, 1.807) is 23.4 Å². The van der Waals surface area contributed by atoms with Crippen molar-refractivity contribution in [1.82, 2.24) is 24.4 Å². The SMILES string of the molecule is Cc1ncc(C(=O)N(C)C[C@@H]2CCc3nc(C(F)(F)F)cn3C2)[nH]1. The van der Waals surface area contributed by atoms with Crippen molar-refractivity contribution in [3.05, 3.63) is 35.4 Å². The molecule has 0 saturated heterocycles. The third-order valence-electron chi connectivity index (χ3n) is 4.19. The van der Waals surface area contributed by atoms with Crippen LogP contribution in [-0.4, -0.2) is 43.9 Å². The number of carbonyl (C=O) groups excluding carboxylic acids is 1. The Kier molecular flexibility index (Phi) is 4.10. The number of aromatic amines is 1. The van der Waals surface area contributed by atoms with Gasteiger partial charge in [0.25, 0.3) is 5.91 Å². The molecule has 1 N–H and O–H groups in total. The van der Waals surface area contributed by atoms with E-state index in [4.69, 9.17) is 0 Å². The highest BCUT2D eigenvalue weighted by atomic mass is 19.4. The van der Waals surface area contributed by atoms with E-state index in [1.165, 1.54) is 6.20 Å². The van der Waals surface area contributed by atoms with E-state index in [9.17, 15) is 18.0 Å². The minimum absolute atomic E-state index is 0.0887. The molecule has 9 heteroatoms. The summed E-state index contributed by atoms with van der Waals surface area (Å²) in [4.78, 5) is 24.4. The fourth-order valence-electron chi connectivity index (χ4n) is 3.01. The molecule has 0 unspecified atom stereocenters. The standard InChI is InChI=1S/C15H18F3N5O/c1-9-19-5-11(20-9)14(24)22(2)6-10-3-4-13-21-12(15(16,17)18)8-23(13)7-10/h5,8,10H,3-4,6-7H2,1-2H3,(H,19,20)/t10-/m0/s1. The number of nitrogens with zero attached hydrogens (tertiary/aromatic N) is 4. The van der Waals surface area contributed by atoms with Gasteiger partial charge in [-0.2, -0.15) is 13.2 Å². The molecular formula is C15H18F3N5O. The molecule has 2 aromatic rings. The van der Waals surface area contributed by atoms with E-state index in [1.807, 2.05) is 0 Å². The summed E-state index contributed by atoms with van der Waals surface area (Å²) in [5.41, 5.74) is -0.441. The lowest BCUT2D eigenvalue weighted by Gasteiger charge is -2.27. The summed E-state index contributed by atoms with van der Waals surface area (Å²) in [5, 5.41) is 0. The number of alkyl halides is 3. The maximum absolute atomic E-state index is 12.7. The molecule has 1 atom stereocenters. The van der Waals surface area contributed by atoms with Crippen molar-refractivity contribution in [3.8, 4) is 0 Å². The van der Waals surface area contributed by atoms with Crippen molar-refractivity contribution in [2.45, 2.75) is 32.5 Å². The fourth-order valence-corrected chi connectivity index (χ4v) is 3.01. The molecule has 24 heavy (non-hydrogen) atoms. The van der Waals surface area contributed by atoms with Crippen LogP contribution in [0.3, 0.4) is 0 Å². The molecule has 0 bridgehead atoms. The molecule has 3 heterocycles. The number of halogens is 3. The van der Waals surface area contributed by atoms with Gasteiger partial charge in [-0.25, -0.2) is 9.97 Å². The van der Waals surface area contributed by atoms with Gasteiger partial charge in [-0.05, 0) is 19.3 Å². The molecular weight excluding hydrogens is 323 g/mol. The first-order valence-corrected chi connectivity index (χ1v) is 7.64. The van der Waals surface area contributed by atoms with E-state index in [-0.39, 0.29) is 11.8 Å². The minimum atomic E-state index is -4.43. The Hall–Kier alpha value is -2.32. The summed E-state index contributed by atoms with van der Waals surface area (Å²) in [6, 6.07) is 0. The number of fused-ring (bicyclic) bond motifs is 1. The van der Waals surface area contributed by atoms with E-state index < -0.39 is 11.9 Å². The molecule has 2 aromatic heterocycles. The van der Waals surface area contributed by atoms with E-state index in [0.717, 1.165) is 6.20 Å². The van der Waals surface area contributed by atoms with Gasteiger partial charge < -0.3 is 14.5 Å². The van der Waals surface area contributed by atoms with Crippen molar-refractivity contribution < 1.29 is 18.0 Å². The Bertz CT molecular complexity index is 749. The first kappa shape index (κ1) is 16.5. The van der Waals surface area contributed by atoms with Crippen LogP contribution >= 0.6 is 0 Å². The normalized spacial score (nSPS) is 17.6. The minimum Gasteiger partial charge on any atom is -0.340 e. The van der Waals surface area contributed by atoms with Crippen LogP contribution in [0.15, 0.2) is 12.4 Å². The van der Waals surface area contributed by atoms with E-state index in [0.29, 0.717) is 43.3 Å². The highest BCUT2D eigenvalue weighted by Gasteiger charge is 2.36. The molecule has 1 aliphatic heterocycles. The number of aromatic nitrogens is 4. The Balaban J connectivity index is 1.65. The Labute approximate surface area is 136 Å². The summed E-state index contributed by atoms with van der Waals surface area (Å²) in [7, 11) is 1.68. The lowest BCUT2D eigenvalue weighted by atomic mass is 9.99. The van der Waals surface area contributed by atoms with Gasteiger partial charge in [0, 0.05) is 32.8 Å². The molecule has 0 saturated carbocycles. The highest BCUT2D eigenvalue weighted by Crippen LogP contribution is 2.30. The molecule has 1 amide bonds. The number of imidazole rings is 2. The molecule has 0 aliphatic carbocycles. The van der Waals surface area contributed by atoms with Gasteiger partial charge in [-0.1, -0.05) is 0 Å². The van der Waals surface area contributed by atoms with Crippen molar-refractivity contribution in [1.29, 1.82) is 0 Å². The number of hydrogen-bond donors (Lipinski definition) is 1. The maximum atomic E-state index is 12.7. The quantitative estimate of drug-likeness (QED) is 0.931. The molecule has 0 radical (unpaired) electrons. The number of amides is 1. The third kappa shape index (κ3) is 3.29. The van der Waals surface area contributed by atoms with Gasteiger partial charge in [0.05, 0.1) is 6.20 Å². The topological polar surface area (TPSA) is 66.8 Å². The van der Waals surface area contributed by atoms with Crippen molar-refractivity contribution in [2.24, 2.45) is 5.92 Å². The first-order chi connectivity index (χ1) is 11.2. The summed E-state index contributed by atoms with van der Waals surface area (Å²) >= 11 is 0. The Morgan fingerprint density at radius 3 is 2.88 bits per heavy atom. The van der Waals surface area contributed by atoms with Crippen LogP contribution in [0.4, 0.5) is 13.2 Å². The zero-order valence-electron chi connectivity index (χ0n) is 13.4. The van der Waals surface area contributed by atoms with Crippen molar-refractivity contribution in [3.63, 3.8) is 0 Å². The van der Waals surface area contributed by atoms with Crippen LogP contribution in [0.25, 0.3) is 0 Å². The second-order valence-electron chi connectivity index (χ2n) is 6.17. The molecule has 0 fully saturated rings. The molecule has 6 nitrogen and oxygen atoms in total. The van der Waals surface area contributed by atoms with E-state index >= 15 is 0 Å². The largest absolute Gasteiger partial charge is 0.434 e. The third-order valence-corrected chi connectivity index (χ3v) is 4.19. The summed E-state index contributed by atoms with van der Waals surface area (Å²) in [5.74, 6) is 1.03. The summed E-state index contributed by atoms with van der Waals surface area (Å²) in [6.45, 7) is 2.66. The maximum Gasteiger partial charge on any atom is 0.434 e. The highest BCUT2D eigenvalue weighted by molar-refractivity contribution is 5.91. The van der Waals surface area contributed by atoms with Crippen LogP contribution in [0.2, 0.25) is 0 Å². The van der Waals surface area contributed by atoms with Gasteiger partial charge in [-0.15, -0.1) is 0 Å². The van der Waals surface area contributed by atoms with Gasteiger partial charge in [0.1, 0.15) is 17.3 Å². The smallest absolute Gasteiger partial charge is 0.340 e. The second kappa shape index (κ2) is 5.95. The van der Waals surface area contributed by atoms with Gasteiger partial charge in [-0.3, -0.25) is 4.79 Å². The zero-order chi connectivity index (χ0) is 17.5. The van der Waals surface area contributed by atoms with E-state index in [2.05, 4.69) is 15.0 Å². The summed E-state index contributed by atoms with van der Waals surface area (Å²) < 4.78 is 39.8. The molecule has 1 aliphatic rings. The summed E-state index contributed by atoms with van der Waals surface area (Å²) in [6.07, 6.45) is -0.703. The average molecular weight is 341 g/mol. The van der Waals surface area contributed by atoms with Gasteiger partial charge in [0.2, 0.25) is 0 Å². The number of hydrogen-bond acceptors (Lipinski definition) is 3. The Morgan fingerprint density at radius 1 is 1.50 bits per heavy atom. The molecule has 0 spiro atoms. The average Bonchev–Trinajstić information content (AvgIpc) is 3.11. The second-order valence-corrected chi connectivity index (χ2v) is 6.17.